The van der Waals surface area contributed by atoms with E-state index in [-0.39, 0.29) is 0 Å². The van der Waals surface area contributed by atoms with Crippen molar-refractivity contribution in [3.8, 4) is 0 Å². The average molecular weight is 187 g/mol. The zero-order valence-corrected chi connectivity index (χ0v) is 9.60. The molecule has 2 heteroatoms. The number of ether oxygens (including phenoxy) is 1. The lowest BCUT2D eigenvalue weighted by Gasteiger charge is -2.14. The first kappa shape index (κ1) is 12.9. The minimum Gasteiger partial charge on any atom is -0.381 e. The third-order valence-electron chi connectivity index (χ3n) is 2.39. The van der Waals surface area contributed by atoms with Crippen LogP contribution in [0.25, 0.3) is 0 Å². The summed E-state index contributed by atoms with van der Waals surface area (Å²) >= 11 is 0. The van der Waals surface area contributed by atoms with E-state index in [1.807, 2.05) is 7.05 Å². The van der Waals surface area contributed by atoms with E-state index >= 15 is 0 Å². The Bertz CT molecular complexity index is 106. The van der Waals surface area contributed by atoms with E-state index < -0.39 is 0 Å². The third kappa shape index (κ3) is 8.26. The standard InChI is InChI=1S/C11H25NO/c1-5-10(2)8-13-9-11(3)6-7-12-4/h10-12H,5-9H2,1-4H3. The van der Waals surface area contributed by atoms with Crippen molar-refractivity contribution in [2.24, 2.45) is 11.8 Å². The summed E-state index contributed by atoms with van der Waals surface area (Å²) in [5, 5.41) is 3.15. The first-order chi connectivity index (χ1) is 6.20. The topological polar surface area (TPSA) is 21.3 Å². The van der Waals surface area contributed by atoms with Gasteiger partial charge in [-0.3, -0.25) is 0 Å². The lowest BCUT2D eigenvalue weighted by atomic mass is 10.1. The molecule has 0 aliphatic carbocycles. The number of nitrogens with one attached hydrogen (secondary N) is 1. The highest BCUT2D eigenvalue weighted by atomic mass is 16.5. The lowest BCUT2D eigenvalue weighted by molar-refractivity contribution is 0.0769. The maximum Gasteiger partial charge on any atom is 0.0492 e. The molecule has 0 bridgehead atoms. The van der Waals surface area contributed by atoms with Gasteiger partial charge in [-0.15, -0.1) is 0 Å². The molecule has 0 radical (unpaired) electrons. The second kappa shape index (κ2) is 8.52. The van der Waals surface area contributed by atoms with E-state index in [0.717, 1.165) is 19.8 Å². The molecule has 0 amide bonds. The molecule has 0 spiro atoms. The molecular weight excluding hydrogens is 162 g/mol. The van der Waals surface area contributed by atoms with Crippen molar-refractivity contribution in [3.63, 3.8) is 0 Å². The minimum absolute atomic E-state index is 0.677. The fourth-order valence-electron chi connectivity index (χ4n) is 1.06. The molecule has 13 heavy (non-hydrogen) atoms. The van der Waals surface area contributed by atoms with Crippen LogP contribution >= 0.6 is 0 Å². The average Bonchev–Trinajstić information content (AvgIpc) is 2.14. The molecule has 2 unspecified atom stereocenters. The third-order valence-corrected chi connectivity index (χ3v) is 2.39. The first-order valence-corrected chi connectivity index (χ1v) is 5.43. The Labute approximate surface area is 83.1 Å². The van der Waals surface area contributed by atoms with Gasteiger partial charge in [0.1, 0.15) is 0 Å². The monoisotopic (exact) mass is 187 g/mol. The van der Waals surface area contributed by atoms with E-state index in [4.69, 9.17) is 4.74 Å². The smallest absolute Gasteiger partial charge is 0.0492 e. The van der Waals surface area contributed by atoms with Gasteiger partial charge >= 0.3 is 0 Å². The van der Waals surface area contributed by atoms with Crippen LogP contribution < -0.4 is 5.32 Å². The van der Waals surface area contributed by atoms with Crippen LogP contribution in [0.4, 0.5) is 0 Å². The maximum atomic E-state index is 5.62. The molecular formula is C11H25NO. The molecule has 0 aliphatic rings. The molecule has 2 nitrogen and oxygen atoms in total. The molecule has 1 N–H and O–H groups in total. The molecule has 0 saturated carbocycles. The summed E-state index contributed by atoms with van der Waals surface area (Å²) in [7, 11) is 1.99. The van der Waals surface area contributed by atoms with Crippen molar-refractivity contribution in [2.75, 3.05) is 26.8 Å². The Morgan fingerprint density at radius 2 is 1.77 bits per heavy atom. The number of hydrogen-bond donors (Lipinski definition) is 1. The van der Waals surface area contributed by atoms with Crippen LogP contribution in [0, 0.1) is 11.8 Å². The van der Waals surface area contributed by atoms with Crippen molar-refractivity contribution in [1.82, 2.24) is 5.32 Å². The number of rotatable bonds is 8. The fraction of sp³-hybridized carbons (Fsp3) is 1.00. The normalized spacial score (nSPS) is 15.7. The Hall–Kier alpha value is -0.0800. The Balaban J connectivity index is 3.21. The van der Waals surface area contributed by atoms with Crippen molar-refractivity contribution in [1.29, 1.82) is 0 Å². The molecule has 0 aromatic rings. The van der Waals surface area contributed by atoms with Crippen LogP contribution in [0.15, 0.2) is 0 Å². The van der Waals surface area contributed by atoms with Gasteiger partial charge in [0.2, 0.25) is 0 Å². The van der Waals surface area contributed by atoms with Crippen molar-refractivity contribution < 1.29 is 4.74 Å². The highest BCUT2D eigenvalue weighted by molar-refractivity contribution is 4.54. The molecule has 80 valence electrons. The molecule has 0 rings (SSSR count). The molecule has 2 atom stereocenters. The van der Waals surface area contributed by atoms with Crippen LogP contribution in [-0.4, -0.2) is 26.8 Å². The summed E-state index contributed by atoms with van der Waals surface area (Å²) in [5.74, 6) is 1.38. The maximum absolute atomic E-state index is 5.62. The van der Waals surface area contributed by atoms with Gasteiger partial charge in [0.05, 0.1) is 0 Å². The van der Waals surface area contributed by atoms with Gasteiger partial charge < -0.3 is 10.1 Å². The van der Waals surface area contributed by atoms with Crippen LogP contribution in [0.1, 0.15) is 33.6 Å². The second-order valence-electron chi connectivity index (χ2n) is 4.05. The van der Waals surface area contributed by atoms with Crippen LogP contribution in [-0.2, 0) is 4.74 Å². The van der Waals surface area contributed by atoms with E-state index in [0.29, 0.717) is 11.8 Å². The first-order valence-electron chi connectivity index (χ1n) is 5.43. The molecule has 0 aromatic carbocycles. The zero-order valence-electron chi connectivity index (χ0n) is 9.60. The molecule has 0 aliphatic heterocycles. The van der Waals surface area contributed by atoms with Gasteiger partial charge in [0.15, 0.2) is 0 Å². The minimum atomic E-state index is 0.677. The van der Waals surface area contributed by atoms with Gasteiger partial charge in [-0.2, -0.15) is 0 Å². The van der Waals surface area contributed by atoms with Gasteiger partial charge in [0, 0.05) is 13.2 Å². The predicted octanol–water partition coefficient (Wildman–Crippen LogP) is 2.29. The Morgan fingerprint density at radius 1 is 1.15 bits per heavy atom. The van der Waals surface area contributed by atoms with E-state index in [2.05, 4.69) is 26.1 Å². The SMILES string of the molecule is CCC(C)COCC(C)CCNC. The van der Waals surface area contributed by atoms with Crippen molar-refractivity contribution in [2.45, 2.75) is 33.6 Å². The molecule has 0 saturated heterocycles. The van der Waals surface area contributed by atoms with Gasteiger partial charge in [-0.25, -0.2) is 0 Å². The van der Waals surface area contributed by atoms with Crippen LogP contribution in [0.2, 0.25) is 0 Å². The molecule has 0 fully saturated rings. The van der Waals surface area contributed by atoms with E-state index in [1.54, 1.807) is 0 Å². The van der Waals surface area contributed by atoms with Crippen LogP contribution in [0.3, 0.4) is 0 Å². The van der Waals surface area contributed by atoms with Gasteiger partial charge in [-0.1, -0.05) is 27.2 Å². The summed E-state index contributed by atoms with van der Waals surface area (Å²) in [6, 6.07) is 0. The van der Waals surface area contributed by atoms with Crippen molar-refractivity contribution >= 4 is 0 Å². The second-order valence-corrected chi connectivity index (χ2v) is 4.05. The van der Waals surface area contributed by atoms with E-state index in [9.17, 15) is 0 Å². The summed E-state index contributed by atoms with van der Waals surface area (Å²) in [6.45, 7) is 9.60. The lowest BCUT2D eigenvalue weighted by Crippen LogP contribution is -2.16. The summed E-state index contributed by atoms with van der Waals surface area (Å²) < 4.78 is 5.62. The predicted molar refractivity (Wildman–Crippen MR) is 58.0 cm³/mol. The highest BCUT2D eigenvalue weighted by Gasteiger charge is 2.03. The van der Waals surface area contributed by atoms with Crippen LogP contribution in [0.5, 0.6) is 0 Å². The quantitative estimate of drug-likeness (QED) is 0.629. The number of hydrogen-bond acceptors (Lipinski definition) is 2. The van der Waals surface area contributed by atoms with Gasteiger partial charge in [-0.05, 0) is 31.8 Å². The van der Waals surface area contributed by atoms with E-state index in [1.165, 1.54) is 12.8 Å². The molecule has 0 aromatic heterocycles. The Kier molecular flexibility index (Phi) is 8.46. The summed E-state index contributed by atoms with van der Waals surface area (Å²) in [6.07, 6.45) is 2.42. The largest absolute Gasteiger partial charge is 0.381 e. The summed E-state index contributed by atoms with van der Waals surface area (Å²) in [4.78, 5) is 0. The van der Waals surface area contributed by atoms with Crippen molar-refractivity contribution in [3.05, 3.63) is 0 Å². The molecule has 0 heterocycles. The van der Waals surface area contributed by atoms with Gasteiger partial charge in [0.25, 0.3) is 0 Å². The summed E-state index contributed by atoms with van der Waals surface area (Å²) in [5.41, 5.74) is 0. The highest BCUT2D eigenvalue weighted by Crippen LogP contribution is 2.05. The Morgan fingerprint density at radius 3 is 2.31 bits per heavy atom. The zero-order chi connectivity index (χ0) is 10.1. The fourth-order valence-corrected chi connectivity index (χ4v) is 1.06.